The molecular weight excluding hydrogens is 570 g/mol. The van der Waals surface area contributed by atoms with Crippen LogP contribution in [0.5, 0.6) is 0 Å². The molecule has 2 amide bonds. The largest absolute Gasteiger partial charge is 0.444 e. The maximum absolute atomic E-state index is 13.2. The summed E-state index contributed by atoms with van der Waals surface area (Å²) in [4.78, 5) is 43.1. The number of aromatic nitrogens is 1. The first-order chi connectivity index (χ1) is 20.4. The molecule has 9 nitrogen and oxygen atoms in total. The Balaban J connectivity index is 1.44. The Morgan fingerprint density at radius 1 is 1.00 bits per heavy atom. The molecule has 0 spiro atoms. The van der Waals surface area contributed by atoms with Crippen molar-refractivity contribution in [2.45, 2.75) is 78.8 Å². The predicted octanol–water partition coefficient (Wildman–Crippen LogP) is 7.62. The molecule has 1 fully saturated rings. The second kappa shape index (κ2) is 14.1. The Kier molecular flexibility index (Phi) is 10.6. The number of rotatable bonds is 9. The van der Waals surface area contributed by atoms with Gasteiger partial charge in [-0.05, 0) is 101 Å². The van der Waals surface area contributed by atoms with Crippen LogP contribution in [0.15, 0.2) is 48.5 Å². The molecule has 3 aromatic rings. The van der Waals surface area contributed by atoms with Crippen molar-refractivity contribution in [3.63, 3.8) is 0 Å². The van der Waals surface area contributed by atoms with Gasteiger partial charge in [-0.25, -0.2) is 4.79 Å². The van der Waals surface area contributed by atoms with Gasteiger partial charge in [0.2, 0.25) is 5.91 Å². The van der Waals surface area contributed by atoms with E-state index in [1.165, 1.54) is 6.07 Å². The fraction of sp³-hybridized carbons (Fsp3) is 0.394. The first kappa shape index (κ1) is 32.1. The van der Waals surface area contributed by atoms with Crippen LogP contribution in [0.25, 0.3) is 11.1 Å². The quantitative estimate of drug-likeness (QED) is 0.190. The summed E-state index contributed by atoms with van der Waals surface area (Å²) in [5, 5.41) is 5.75. The van der Waals surface area contributed by atoms with Gasteiger partial charge in [-0.1, -0.05) is 29.8 Å². The molecular formula is C33H38ClN3O6. The molecule has 2 N–H and O–H groups in total. The van der Waals surface area contributed by atoms with E-state index < -0.39 is 24.0 Å². The van der Waals surface area contributed by atoms with Gasteiger partial charge in [0.15, 0.2) is 12.1 Å². The van der Waals surface area contributed by atoms with Crippen molar-refractivity contribution < 1.29 is 28.6 Å². The van der Waals surface area contributed by atoms with Crippen molar-refractivity contribution in [1.29, 1.82) is 0 Å². The van der Waals surface area contributed by atoms with E-state index in [2.05, 4.69) is 15.6 Å². The molecule has 1 aliphatic rings. The molecule has 0 saturated carbocycles. The van der Waals surface area contributed by atoms with Gasteiger partial charge in [0, 0.05) is 22.9 Å². The molecule has 2 aromatic carbocycles. The third-order valence-electron chi connectivity index (χ3n) is 6.61. The summed E-state index contributed by atoms with van der Waals surface area (Å²) in [6.45, 7) is 9.97. The van der Waals surface area contributed by atoms with Crippen LogP contribution in [-0.4, -0.2) is 41.3 Å². The molecule has 0 radical (unpaired) electrons. The smallest absolute Gasteiger partial charge is 0.412 e. The lowest BCUT2D eigenvalue weighted by molar-refractivity contribution is -0.169. The molecule has 228 valence electrons. The lowest BCUT2D eigenvalue weighted by Gasteiger charge is -2.22. The van der Waals surface area contributed by atoms with E-state index in [-0.39, 0.29) is 17.8 Å². The predicted molar refractivity (Wildman–Crippen MR) is 166 cm³/mol. The zero-order valence-corrected chi connectivity index (χ0v) is 26.0. The van der Waals surface area contributed by atoms with Crippen molar-refractivity contribution in [2.75, 3.05) is 17.2 Å². The summed E-state index contributed by atoms with van der Waals surface area (Å²) in [6.07, 6.45) is 1.70. The van der Waals surface area contributed by atoms with Crippen molar-refractivity contribution in [2.24, 2.45) is 0 Å². The summed E-state index contributed by atoms with van der Waals surface area (Å²) < 4.78 is 16.9. The zero-order chi connectivity index (χ0) is 31.1. The minimum absolute atomic E-state index is 0.216. The summed E-state index contributed by atoms with van der Waals surface area (Å²) in [5.74, 6) is -0.908. The molecule has 0 aliphatic carbocycles. The fourth-order valence-corrected chi connectivity index (χ4v) is 4.78. The highest BCUT2D eigenvalue weighted by molar-refractivity contribution is 6.32. The van der Waals surface area contributed by atoms with Gasteiger partial charge < -0.3 is 19.5 Å². The number of benzene rings is 2. The molecule has 1 unspecified atom stereocenters. The molecule has 1 aliphatic heterocycles. The number of Topliss-reactive ketones (excluding diaryl/α,β-unsaturated/α-hetero) is 1. The van der Waals surface area contributed by atoms with Crippen molar-refractivity contribution in [1.82, 2.24) is 4.98 Å². The van der Waals surface area contributed by atoms with Crippen LogP contribution in [-0.2, 0) is 25.6 Å². The van der Waals surface area contributed by atoms with E-state index in [4.69, 9.17) is 25.8 Å². The van der Waals surface area contributed by atoms with Gasteiger partial charge in [-0.15, -0.1) is 0 Å². The summed E-state index contributed by atoms with van der Waals surface area (Å²) in [6, 6.07) is 14.2. The number of pyridine rings is 1. The summed E-state index contributed by atoms with van der Waals surface area (Å²) >= 11 is 6.29. The molecule has 1 aromatic heterocycles. The van der Waals surface area contributed by atoms with Crippen molar-refractivity contribution >= 4 is 40.8 Å². The number of nitrogens with zero attached hydrogens (tertiary/aromatic N) is 1. The van der Waals surface area contributed by atoms with E-state index in [0.717, 1.165) is 41.8 Å². The van der Waals surface area contributed by atoms with E-state index in [0.29, 0.717) is 35.1 Å². The number of hydrogen-bond donors (Lipinski definition) is 2. The van der Waals surface area contributed by atoms with E-state index in [1.807, 2.05) is 25.1 Å². The standard InChI is InChI=1S/C33H38ClN3O6/c1-20-13-27(37-32(40)43-33(3,4)5)28(17-26(20)34)36-30(39)18-29(38)23-10-8-9-22(15-23)24-14-21(2)35-25(16-24)19-42-31-11-6-7-12-41-31/h8-10,13-17,31H,6-7,11-12,18-19H2,1-5H3,(H,36,39)(H,37,40). The Morgan fingerprint density at radius 2 is 1.77 bits per heavy atom. The Labute approximate surface area is 257 Å². The van der Waals surface area contributed by atoms with Crippen LogP contribution >= 0.6 is 11.6 Å². The lowest BCUT2D eigenvalue weighted by atomic mass is 9.99. The van der Waals surface area contributed by atoms with Crippen LogP contribution in [0.4, 0.5) is 16.2 Å². The van der Waals surface area contributed by atoms with Crippen LogP contribution < -0.4 is 10.6 Å². The summed E-state index contributed by atoms with van der Waals surface area (Å²) in [7, 11) is 0. The monoisotopic (exact) mass is 607 g/mol. The maximum Gasteiger partial charge on any atom is 0.412 e. The molecule has 10 heteroatoms. The molecule has 2 heterocycles. The third kappa shape index (κ3) is 9.61. The average Bonchev–Trinajstić information content (AvgIpc) is 2.94. The average molecular weight is 608 g/mol. The van der Waals surface area contributed by atoms with Gasteiger partial charge in [0.05, 0.1) is 30.1 Å². The normalized spacial score (nSPS) is 15.1. The molecule has 4 rings (SSSR count). The Bertz CT molecular complexity index is 1490. The highest BCUT2D eigenvalue weighted by Gasteiger charge is 2.20. The first-order valence-corrected chi connectivity index (χ1v) is 14.7. The number of ketones is 1. The molecule has 1 saturated heterocycles. The Morgan fingerprint density at radius 3 is 2.49 bits per heavy atom. The number of ether oxygens (including phenoxy) is 3. The molecule has 0 bridgehead atoms. The Hall–Kier alpha value is -3.79. The highest BCUT2D eigenvalue weighted by Crippen LogP contribution is 2.30. The second-order valence-electron chi connectivity index (χ2n) is 11.6. The number of halogens is 1. The van der Waals surface area contributed by atoms with Crippen LogP contribution in [0.1, 0.15) is 73.8 Å². The van der Waals surface area contributed by atoms with E-state index >= 15 is 0 Å². The third-order valence-corrected chi connectivity index (χ3v) is 7.02. The second-order valence-corrected chi connectivity index (χ2v) is 12.0. The van der Waals surface area contributed by atoms with Gasteiger partial charge in [0.1, 0.15) is 5.60 Å². The van der Waals surface area contributed by atoms with Gasteiger partial charge in [-0.3, -0.25) is 19.9 Å². The molecule has 43 heavy (non-hydrogen) atoms. The van der Waals surface area contributed by atoms with Gasteiger partial charge in [-0.2, -0.15) is 0 Å². The van der Waals surface area contributed by atoms with Crippen LogP contribution in [0, 0.1) is 13.8 Å². The van der Waals surface area contributed by atoms with Crippen LogP contribution in [0.3, 0.4) is 0 Å². The number of aryl methyl sites for hydroxylation is 2. The first-order valence-electron chi connectivity index (χ1n) is 14.3. The lowest BCUT2D eigenvalue weighted by Crippen LogP contribution is -2.27. The summed E-state index contributed by atoms with van der Waals surface area (Å²) in [5.41, 5.74) is 4.26. The van der Waals surface area contributed by atoms with Crippen molar-refractivity contribution in [3.8, 4) is 11.1 Å². The maximum atomic E-state index is 13.2. The van der Waals surface area contributed by atoms with Crippen LogP contribution in [0.2, 0.25) is 5.02 Å². The minimum Gasteiger partial charge on any atom is -0.444 e. The van der Waals surface area contributed by atoms with E-state index in [9.17, 15) is 14.4 Å². The molecule has 1 atom stereocenters. The number of amides is 2. The van der Waals surface area contributed by atoms with Crippen molar-refractivity contribution in [3.05, 3.63) is 76.1 Å². The number of carbonyl (C=O) groups excluding carboxylic acids is 3. The number of carbonyl (C=O) groups is 3. The van der Waals surface area contributed by atoms with Gasteiger partial charge >= 0.3 is 6.09 Å². The topological polar surface area (TPSA) is 116 Å². The van der Waals surface area contributed by atoms with Gasteiger partial charge in [0.25, 0.3) is 0 Å². The number of nitrogens with one attached hydrogen (secondary N) is 2. The SMILES string of the molecule is Cc1cc(-c2cccc(C(=O)CC(=O)Nc3cc(Cl)c(C)cc3NC(=O)OC(C)(C)C)c2)cc(COC2CCCCO2)n1. The number of anilines is 2. The van der Waals surface area contributed by atoms with E-state index in [1.54, 1.807) is 52.0 Å². The minimum atomic E-state index is -0.704. The highest BCUT2D eigenvalue weighted by atomic mass is 35.5. The zero-order valence-electron chi connectivity index (χ0n) is 25.2. The number of hydrogen-bond acceptors (Lipinski definition) is 7. The fourth-order valence-electron chi connectivity index (χ4n) is 4.62.